The molecular weight excluding hydrogens is 368 g/mol. The Hall–Kier alpha value is -2.39. The number of sulfonamides is 1. The Morgan fingerprint density at radius 1 is 1.22 bits per heavy atom. The molecule has 2 amide bonds. The van der Waals surface area contributed by atoms with Crippen LogP contribution in [0, 0.1) is 0 Å². The van der Waals surface area contributed by atoms with Gasteiger partial charge in [0.05, 0.1) is 11.4 Å². The molecule has 0 radical (unpaired) electrons. The maximum atomic E-state index is 12.4. The van der Waals surface area contributed by atoms with Crippen molar-refractivity contribution < 1.29 is 17.6 Å². The van der Waals surface area contributed by atoms with Crippen LogP contribution in [0.15, 0.2) is 41.3 Å². The molecule has 0 saturated carbocycles. The lowest BCUT2D eigenvalue weighted by Gasteiger charge is -2.32. The average Bonchev–Trinajstić information content (AvgIpc) is 3.17. The third-order valence-electron chi connectivity index (χ3n) is 4.59. The Kier molecular flexibility index (Phi) is 5.81. The number of amides is 2. The van der Waals surface area contributed by atoms with E-state index < -0.39 is 15.3 Å². The second-order valence-electron chi connectivity index (χ2n) is 6.85. The number of oxazole rings is 1. The zero-order valence-corrected chi connectivity index (χ0v) is 16.2. The lowest BCUT2D eigenvalue weighted by atomic mass is 10.1. The van der Waals surface area contributed by atoms with Crippen molar-refractivity contribution in [1.82, 2.24) is 14.6 Å². The van der Waals surface area contributed by atoms with Gasteiger partial charge in [0.1, 0.15) is 0 Å². The molecule has 0 bridgehead atoms. The smallest absolute Gasteiger partial charge is 0.321 e. The van der Waals surface area contributed by atoms with Gasteiger partial charge in [-0.25, -0.2) is 22.9 Å². The van der Waals surface area contributed by atoms with Crippen LogP contribution in [0.2, 0.25) is 0 Å². The Labute approximate surface area is 159 Å². The number of anilines is 1. The van der Waals surface area contributed by atoms with E-state index in [1.54, 1.807) is 37.1 Å². The van der Waals surface area contributed by atoms with Crippen molar-refractivity contribution in [3.8, 4) is 11.3 Å². The van der Waals surface area contributed by atoms with E-state index in [2.05, 4.69) is 15.0 Å². The van der Waals surface area contributed by atoms with E-state index in [-0.39, 0.29) is 12.1 Å². The summed E-state index contributed by atoms with van der Waals surface area (Å²) in [6.07, 6.45) is 4.20. The fourth-order valence-corrected chi connectivity index (χ4v) is 3.82. The minimum absolute atomic E-state index is 0.123. The van der Waals surface area contributed by atoms with Gasteiger partial charge in [0.15, 0.2) is 12.2 Å². The van der Waals surface area contributed by atoms with E-state index in [9.17, 15) is 13.2 Å². The summed E-state index contributed by atoms with van der Waals surface area (Å²) in [5.74, 6) is 0.666. The lowest BCUT2D eigenvalue weighted by molar-refractivity contribution is 0.193. The van der Waals surface area contributed by atoms with Gasteiger partial charge in [0, 0.05) is 30.4 Å². The van der Waals surface area contributed by atoms with Crippen LogP contribution < -0.4 is 10.0 Å². The van der Waals surface area contributed by atoms with Gasteiger partial charge in [0.2, 0.25) is 10.0 Å². The Balaban J connectivity index is 1.51. The highest BCUT2D eigenvalue weighted by Gasteiger charge is 2.27. The first kappa shape index (κ1) is 19.4. The van der Waals surface area contributed by atoms with Crippen LogP contribution in [0.4, 0.5) is 10.5 Å². The van der Waals surface area contributed by atoms with Crippen LogP contribution in [0.5, 0.6) is 0 Å². The van der Waals surface area contributed by atoms with E-state index in [0.29, 0.717) is 37.4 Å². The van der Waals surface area contributed by atoms with Crippen molar-refractivity contribution in [3.63, 3.8) is 0 Å². The fraction of sp³-hybridized carbons (Fsp3) is 0.444. The summed E-state index contributed by atoms with van der Waals surface area (Å²) < 4.78 is 31.9. The summed E-state index contributed by atoms with van der Waals surface area (Å²) >= 11 is 0. The second kappa shape index (κ2) is 8.10. The molecule has 0 spiro atoms. The van der Waals surface area contributed by atoms with Crippen LogP contribution in [-0.2, 0) is 10.0 Å². The van der Waals surface area contributed by atoms with Gasteiger partial charge in [-0.05, 0) is 51.0 Å². The first-order valence-electron chi connectivity index (χ1n) is 8.91. The number of hydrogen-bond acceptors (Lipinski definition) is 5. The molecule has 27 heavy (non-hydrogen) atoms. The SMILES string of the molecule is CC(C)S(=O)(=O)NC1CCN(C(=O)Nc2ccc(-c3cnco3)cc2)CC1. The van der Waals surface area contributed by atoms with E-state index >= 15 is 0 Å². The van der Waals surface area contributed by atoms with E-state index in [1.165, 1.54) is 6.39 Å². The monoisotopic (exact) mass is 392 g/mol. The van der Waals surface area contributed by atoms with Crippen LogP contribution in [0.3, 0.4) is 0 Å². The number of nitrogens with one attached hydrogen (secondary N) is 2. The van der Waals surface area contributed by atoms with Crippen molar-refractivity contribution in [1.29, 1.82) is 0 Å². The van der Waals surface area contributed by atoms with Crippen LogP contribution in [-0.4, -0.2) is 48.7 Å². The largest absolute Gasteiger partial charge is 0.444 e. The molecule has 1 saturated heterocycles. The number of nitrogens with zero attached hydrogens (tertiary/aromatic N) is 2. The van der Waals surface area contributed by atoms with Gasteiger partial charge in [-0.1, -0.05) is 0 Å². The lowest BCUT2D eigenvalue weighted by Crippen LogP contribution is -2.48. The van der Waals surface area contributed by atoms with E-state index in [4.69, 9.17) is 4.42 Å². The molecule has 9 heteroatoms. The van der Waals surface area contributed by atoms with Gasteiger partial charge in [0.25, 0.3) is 0 Å². The quantitative estimate of drug-likeness (QED) is 0.814. The highest BCUT2D eigenvalue weighted by atomic mass is 32.2. The molecule has 1 aliphatic rings. The van der Waals surface area contributed by atoms with Crippen LogP contribution in [0.25, 0.3) is 11.3 Å². The first-order chi connectivity index (χ1) is 12.8. The van der Waals surface area contributed by atoms with Gasteiger partial charge in [-0.3, -0.25) is 0 Å². The predicted molar refractivity (Wildman–Crippen MR) is 103 cm³/mol. The minimum Gasteiger partial charge on any atom is -0.444 e. The zero-order chi connectivity index (χ0) is 19.4. The number of hydrogen-bond donors (Lipinski definition) is 2. The molecule has 1 aromatic carbocycles. The van der Waals surface area contributed by atoms with Gasteiger partial charge in [-0.15, -0.1) is 0 Å². The van der Waals surface area contributed by atoms with Gasteiger partial charge >= 0.3 is 6.03 Å². The number of piperidine rings is 1. The van der Waals surface area contributed by atoms with Crippen molar-refractivity contribution in [2.24, 2.45) is 0 Å². The molecule has 1 aliphatic heterocycles. The Bertz CT molecular complexity index is 855. The normalized spacial score (nSPS) is 15.9. The summed E-state index contributed by atoms with van der Waals surface area (Å²) in [4.78, 5) is 18.0. The fourth-order valence-electron chi connectivity index (χ4n) is 2.85. The Morgan fingerprint density at radius 2 is 1.89 bits per heavy atom. The number of likely N-dealkylation sites (tertiary alicyclic amines) is 1. The molecule has 1 aromatic heterocycles. The number of rotatable bonds is 5. The van der Waals surface area contributed by atoms with Crippen LogP contribution >= 0.6 is 0 Å². The summed E-state index contributed by atoms with van der Waals surface area (Å²) in [6.45, 7) is 4.32. The molecule has 1 fully saturated rings. The van der Waals surface area contributed by atoms with E-state index in [1.807, 2.05) is 12.1 Å². The second-order valence-corrected chi connectivity index (χ2v) is 9.11. The van der Waals surface area contributed by atoms with Crippen molar-refractivity contribution in [2.45, 2.75) is 38.0 Å². The maximum absolute atomic E-state index is 12.4. The minimum atomic E-state index is -3.29. The predicted octanol–water partition coefficient (Wildman–Crippen LogP) is 2.67. The molecule has 0 atom stereocenters. The number of urea groups is 1. The van der Waals surface area contributed by atoms with Crippen molar-refractivity contribution >= 4 is 21.7 Å². The molecule has 0 unspecified atom stereocenters. The molecule has 146 valence electrons. The third-order valence-corrected chi connectivity index (χ3v) is 6.49. The third kappa shape index (κ3) is 4.86. The topological polar surface area (TPSA) is 105 Å². The molecule has 2 N–H and O–H groups in total. The molecular formula is C18H24N4O4S. The Morgan fingerprint density at radius 3 is 2.44 bits per heavy atom. The summed E-state index contributed by atoms with van der Waals surface area (Å²) in [5.41, 5.74) is 1.56. The summed E-state index contributed by atoms with van der Waals surface area (Å²) in [7, 11) is -3.29. The first-order valence-corrected chi connectivity index (χ1v) is 10.5. The number of carbonyl (C=O) groups excluding carboxylic acids is 1. The zero-order valence-electron chi connectivity index (χ0n) is 15.4. The molecule has 2 aromatic rings. The van der Waals surface area contributed by atoms with Gasteiger partial charge in [-0.2, -0.15) is 0 Å². The average molecular weight is 392 g/mol. The number of carbonyl (C=O) groups is 1. The summed E-state index contributed by atoms with van der Waals surface area (Å²) in [6, 6.07) is 7.00. The molecule has 3 rings (SSSR count). The standard InChI is InChI=1S/C18H24N4O4S/c1-13(2)27(24,25)21-16-7-9-22(10-8-16)18(23)20-15-5-3-14(4-6-15)17-11-19-12-26-17/h3-6,11-13,16,21H,7-10H2,1-2H3,(H,20,23). The van der Waals surface area contributed by atoms with Crippen molar-refractivity contribution in [2.75, 3.05) is 18.4 Å². The van der Waals surface area contributed by atoms with Crippen molar-refractivity contribution in [3.05, 3.63) is 36.9 Å². The number of benzene rings is 1. The summed E-state index contributed by atoms with van der Waals surface area (Å²) in [5, 5.41) is 2.41. The molecule has 8 nitrogen and oxygen atoms in total. The van der Waals surface area contributed by atoms with Gasteiger partial charge < -0.3 is 14.6 Å². The highest BCUT2D eigenvalue weighted by Crippen LogP contribution is 2.21. The highest BCUT2D eigenvalue weighted by molar-refractivity contribution is 7.90. The maximum Gasteiger partial charge on any atom is 0.321 e. The number of aromatic nitrogens is 1. The molecule has 0 aliphatic carbocycles. The van der Waals surface area contributed by atoms with E-state index in [0.717, 1.165) is 5.56 Å². The van der Waals surface area contributed by atoms with Crippen LogP contribution in [0.1, 0.15) is 26.7 Å². The molecule has 2 heterocycles.